The van der Waals surface area contributed by atoms with Crippen molar-refractivity contribution in [2.45, 2.75) is 6.04 Å². The summed E-state index contributed by atoms with van der Waals surface area (Å²) < 4.78 is 7.09. The molecule has 30 heavy (non-hydrogen) atoms. The molecule has 2 aliphatic heterocycles. The quantitative estimate of drug-likeness (QED) is 0.656. The first kappa shape index (κ1) is 18.9. The first-order chi connectivity index (χ1) is 14.6. The van der Waals surface area contributed by atoms with Crippen molar-refractivity contribution >= 4 is 22.6 Å². The van der Waals surface area contributed by atoms with Crippen LogP contribution < -0.4 is 9.64 Å². The largest absolute Gasteiger partial charge is 0.481 e. The summed E-state index contributed by atoms with van der Waals surface area (Å²) in [5.74, 6) is 1.83. The van der Waals surface area contributed by atoms with Crippen LogP contribution in [-0.4, -0.2) is 82.9 Å². The molecule has 0 aliphatic carbocycles. The van der Waals surface area contributed by atoms with Crippen molar-refractivity contribution in [1.82, 2.24) is 24.6 Å². The molecule has 2 saturated heterocycles. The lowest BCUT2D eigenvalue weighted by Crippen LogP contribution is -2.64. The van der Waals surface area contributed by atoms with Gasteiger partial charge in [-0.3, -0.25) is 9.69 Å². The summed E-state index contributed by atoms with van der Waals surface area (Å²) in [5.41, 5.74) is 1.46. The van der Waals surface area contributed by atoms with Gasteiger partial charge in [-0.25, -0.2) is 9.67 Å². The number of aryl methyl sites for hydroxylation is 1. The lowest BCUT2D eigenvalue weighted by Gasteiger charge is -2.48. The topological polar surface area (TPSA) is 66.7 Å². The van der Waals surface area contributed by atoms with E-state index in [1.807, 2.05) is 48.5 Å². The number of likely N-dealkylation sites (tertiary alicyclic amines) is 1. The maximum atomic E-state index is 12.9. The Bertz CT molecular complexity index is 1050. The normalized spacial score (nSPS) is 17.9. The minimum Gasteiger partial charge on any atom is -0.481 e. The number of carbonyl (C=O) groups is 1. The highest BCUT2D eigenvalue weighted by Gasteiger charge is 2.36. The Kier molecular flexibility index (Phi) is 4.78. The van der Waals surface area contributed by atoms with Crippen LogP contribution in [0.5, 0.6) is 5.88 Å². The number of benzene rings is 1. The van der Waals surface area contributed by atoms with Crippen LogP contribution >= 0.6 is 0 Å². The SMILES string of the molecule is COc1c2ccc(C(=O)N3CC(N4CCN(c5ccccn5)CC4)C3)cc2nn1C. The molecule has 0 atom stereocenters. The van der Waals surface area contributed by atoms with Gasteiger partial charge in [0.1, 0.15) is 5.82 Å². The van der Waals surface area contributed by atoms with Crippen molar-refractivity contribution in [2.24, 2.45) is 7.05 Å². The molecule has 1 amide bonds. The van der Waals surface area contributed by atoms with Gasteiger partial charge in [0.2, 0.25) is 5.88 Å². The van der Waals surface area contributed by atoms with Gasteiger partial charge in [-0.2, -0.15) is 5.10 Å². The first-order valence-electron chi connectivity index (χ1n) is 10.3. The van der Waals surface area contributed by atoms with Crippen molar-refractivity contribution in [3.8, 4) is 5.88 Å². The van der Waals surface area contributed by atoms with Crippen molar-refractivity contribution in [2.75, 3.05) is 51.3 Å². The minimum atomic E-state index is 0.0740. The Morgan fingerprint density at radius 1 is 1.10 bits per heavy atom. The molecular formula is C22H26N6O2. The Morgan fingerprint density at radius 3 is 2.60 bits per heavy atom. The van der Waals surface area contributed by atoms with Crippen molar-refractivity contribution in [3.05, 3.63) is 48.2 Å². The molecule has 8 nitrogen and oxygen atoms in total. The number of pyridine rings is 1. The van der Waals surface area contributed by atoms with Crippen molar-refractivity contribution < 1.29 is 9.53 Å². The summed E-state index contributed by atoms with van der Waals surface area (Å²) in [6, 6.07) is 12.1. The van der Waals surface area contributed by atoms with Crippen LogP contribution in [0.3, 0.4) is 0 Å². The van der Waals surface area contributed by atoms with Gasteiger partial charge in [0.05, 0.1) is 18.0 Å². The fraction of sp³-hybridized carbons (Fsp3) is 0.409. The van der Waals surface area contributed by atoms with Crippen LogP contribution in [0.1, 0.15) is 10.4 Å². The Labute approximate surface area is 175 Å². The Hall–Kier alpha value is -3.13. The molecule has 5 rings (SSSR count). The van der Waals surface area contributed by atoms with Crippen LogP contribution in [0.4, 0.5) is 5.82 Å². The van der Waals surface area contributed by atoms with E-state index in [0.29, 0.717) is 17.5 Å². The summed E-state index contributed by atoms with van der Waals surface area (Å²) in [6.45, 7) is 5.52. The van der Waals surface area contributed by atoms with E-state index in [9.17, 15) is 4.79 Å². The number of methoxy groups -OCH3 is 1. The summed E-state index contributed by atoms with van der Waals surface area (Å²) in [7, 11) is 3.47. The number of amides is 1. The van der Waals surface area contributed by atoms with Gasteiger partial charge in [0.25, 0.3) is 5.91 Å². The fourth-order valence-corrected chi connectivity index (χ4v) is 4.44. The molecule has 0 spiro atoms. The predicted molar refractivity (Wildman–Crippen MR) is 115 cm³/mol. The van der Waals surface area contributed by atoms with Gasteiger partial charge in [-0.1, -0.05) is 6.07 Å². The fourth-order valence-electron chi connectivity index (χ4n) is 4.44. The average molecular weight is 406 g/mol. The van der Waals surface area contributed by atoms with Crippen LogP contribution in [0.15, 0.2) is 42.6 Å². The number of piperazine rings is 1. The number of carbonyl (C=O) groups excluding carboxylic acids is 1. The Balaban J connectivity index is 1.18. The van der Waals surface area contributed by atoms with E-state index >= 15 is 0 Å². The van der Waals surface area contributed by atoms with E-state index in [2.05, 4.69) is 25.9 Å². The number of aromatic nitrogens is 3. The van der Waals surface area contributed by atoms with Gasteiger partial charge >= 0.3 is 0 Å². The molecule has 2 aromatic heterocycles. The van der Waals surface area contributed by atoms with Gasteiger partial charge in [0.15, 0.2) is 0 Å². The number of anilines is 1. The predicted octanol–water partition coefficient (Wildman–Crippen LogP) is 1.62. The van der Waals surface area contributed by atoms with Gasteiger partial charge in [-0.15, -0.1) is 0 Å². The molecule has 8 heteroatoms. The zero-order valence-corrected chi connectivity index (χ0v) is 17.4. The van der Waals surface area contributed by atoms with E-state index in [0.717, 1.165) is 56.0 Å². The molecule has 1 aromatic carbocycles. The lowest BCUT2D eigenvalue weighted by atomic mass is 10.0. The second-order valence-electron chi connectivity index (χ2n) is 7.94. The number of nitrogens with zero attached hydrogens (tertiary/aromatic N) is 6. The highest BCUT2D eigenvalue weighted by molar-refractivity contribution is 5.99. The number of fused-ring (bicyclic) bond motifs is 1. The third-order valence-corrected chi connectivity index (χ3v) is 6.17. The first-order valence-corrected chi connectivity index (χ1v) is 10.3. The molecule has 4 heterocycles. The molecular weight excluding hydrogens is 380 g/mol. The van der Waals surface area contributed by atoms with Crippen LogP contribution in [0.25, 0.3) is 10.9 Å². The number of ether oxygens (including phenoxy) is 1. The van der Waals surface area contributed by atoms with E-state index in [-0.39, 0.29) is 5.91 Å². The molecule has 0 saturated carbocycles. The van der Waals surface area contributed by atoms with Crippen molar-refractivity contribution in [1.29, 1.82) is 0 Å². The van der Waals surface area contributed by atoms with Crippen LogP contribution in [-0.2, 0) is 7.05 Å². The molecule has 0 N–H and O–H groups in total. The number of hydrogen-bond donors (Lipinski definition) is 0. The van der Waals surface area contributed by atoms with E-state index in [1.165, 1.54) is 0 Å². The highest BCUT2D eigenvalue weighted by atomic mass is 16.5. The van der Waals surface area contributed by atoms with Gasteiger partial charge in [0, 0.05) is 64.1 Å². The summed E-state index contributed by atoms with van der Waals surface area (Å²) in [6.07, 6.45) is 1.84. The third-order valence-electron chi connectivity index (χ3n) is 6.17. The summed E-state index contributed by atoms with van der Waals surface area (Å²) in [5, 5.41) is 5.37. The van der Waals surface area contributed by atoms with Gasteiger partial charge < -0.3 is 14.5 Å². The number of rotatable bonds is 4. The monoisotopic (exact) mass is 406 g/mol. The molecule has 2 aliphatic rings. The van der Waals surface area contributed by atoms with Crippen molar-refractivity contribution in [3.63, 3.8) is 0 Å². The van der Waals surface area contributed by atoms with Gasteiger partial charge in [-0.05, 0) is 30.3 Å². The van der Waals surface area contributed by atoms with E-state index in [1.54, 1.807) is 11.8 Å². The zero-order valence-electron chi connectivity index (χ0n) is 17.4. The summed E-state index contributed by atoms with van der Waals surface area (Å²) in [4.78, 5) is 24.1. The Morgan fingerprint density at radius 2 is 1.90 bits per heavy atom. The molecule has 0 unspecified atom stereocenters. The third kappa shape index (κ3) is 3.27. The highest BCUT2D eigenvalue weighted by Crippen LogP contribution is 2.27. The second kappa shape index (κ2) is 7.60. The lowest BCUT2D eigenvalue weighted by molar-refractivity contribution is 0.0246. The standard InChI is InChI=1S/C22H26N6O2/c1-25-22(30-2)18-7-6-16(13-19(18)24-25)21(29)28-14-17(15-28)26-9-11-27(12-10-26)20-5-3-4-8-23-20/h3-8,13,17H,9-12,14-15H2,1-2H3. The maximum Gasteiger partial charge on any atom is 0.254 e. The van der Waals surface area contributed by atoms with Crippen LogP contribution in [0, 0.1) is 0 Å². The summed E-state index contributed by atoms with van der Waals surface area (Å²) >= 11 is 0. The molecule has 0 radical (unpaired) electrons. The molecule has 2 fully saturated rings. The average Bonchev–Trinajstić information content (AvgIpc) is 3.07. The minimum absolute atomic E-state index is 0.0740. The molecule has 3 aromatic rings. The smallest absolute Gasteiger partial charge is 0.254 e. The van der Waals surface area contributed by atoms with E-state index < -0.39 is 0 Å². The second-order valence-corrected chi connectivity index (χ2v) is 7.94. The van der Waals surface area contributed by atoms with Crippen LogP contribution in [0.2, 0.25) is 0 Å². The zero-order chi connectivity index (χ0) is 20.7. The maximum absolute atomic E-state index is 12.9. The van der Waals surface area contributed by atoms with E-state index in [4.69, 9.17) is 4.74 Å². The molecule has 156 valence electrons. The molecule has 0 bridgehead atoms. The number of hydrogen-bond acceptors (Lipinski definition) is 6.